The van der Waals surface area contributed by atoms with Crippen molar-refractivity contribution in [2.75, 3.05) is 13.1 Å². The highest BCUT2D eigenvalue weighted by atomic mass is 19.1. The summed E-state index contributed by atoms with van der Waals surface area (Å²) in [5, 5.41) is 3.78. The number of para-hydroxylation sites is 1. The van der Waals surface area contributed by atoms with E-state index in [2.05, 4.69) is 5.32 Å². The normalized spacial score (nSPS) is 16.4. The molecule has 4 rings (SSSR count). The first-order valence-corrected chi connectivity index (χ1v) is 11.4. The molecule has 33 heavy (non-hydrogen) atoms. The van der Waals surface area contributed by atoms with Gasteiger partial charge in [0.1, 0.15) is 5.82 Å². The number of rotatable bonds is 5. The summed E-state index contributed by atoms with van der Waals surface area (Å²) in [7, 11) is 0. The van der Waals surface area contributed by atoms with Crippen LogP contribution in [0.2, 0.25) is 0 Å². The third-order valence-corrected chi connectivity index (χ3v) is 6.38. The number of hydrogen-bond donors (Lipinski definition) is 1. The van der Waals surface area contributed by atoms with Gasteiger partial charge in [0.2, 0.25) is 5.91 Å². The van der Waals surface area contributed by atoms with Crippen molar-refractivity contribution in [2.45, 2.75) is 51.5 Å². The first-order chi connectivity index (χ1) is 15.7. The second-order valence-electron chi connectivity index (χ2n) is 9.58. The molecule has 1 aromatic heterocycles. The summed E-state index contributed by atoms with van der Waals surface area (Å²) in [5.41, 5.74) is 1.59. The Balaban J connectivity index is 1.61. The molecule has 1 fully saturated rings. The van der Waals surface area contributed by atoms with Crippen molar-refractivity contribution >= 4 is 22.7 Å². The average Bonchev–Trinajstić information content (AvgIpc) is 3.27. The Labute approximate surface area is 194 Å². The van der Waals surface area contributed by atoms with E-state index >= 15 is 0 Å². The van der Waals surface area contributed by atoms with Crippen molar-refractivity contribution < 1.29 is 14.0 Å². The summed E-state index contributed by atoms with van der Waals surface area (Å²) >= 11 is 0. The molecule has 0 unspecified atom stereocenters. The highest BCUT2D eigenvalue weighted by Crippen LogP contribution is 2.34. The largest absolute Gasteiger partial charge is 0.350 e. The van der Waals surface area contributed by atoms with Gasteiger partial charge in [-0.2, -0.15) is 0 Å². The van der Waals surface area contributed by atoms with Crippen LogP contribution in [-0.2, 0) is 10.2 Å². The summed E-state index contributed by atoms with van der Waals surface area (Å²) in [4.78, 5) is 32.9. The van der Waals surface area contributed by atoms with Crippen LogP contribution in [-0.4, -0.2) is 40.8 Å². The molecule has 5 nitrogen and oxygen atoms in total. The predicted molar refractivity (Wildman–Crippen MR) is 128 cm³/mol. The number of pyridine rings is 1. The van der Waals surface area contributed by atoms with Gasteiger partial charge in [-0.1, -0.05) is 36.4 Å². The lowest BCUT2D eigenvalue weighted by molar-refractivity contribution is -0.135. The fourth-order valence-electron chi connectivity index (χ4n) is 4.60. The summed E-state index contributed by atoms with van der Waals surface area (Å²) < 4.78 is 14.4. The van der Waals surface area contributed by atoms with Gasteiger partial charge in [0.05, 0.1) is 16.5 Å². The van der Waals surface area contributed by atoms with E-state index in [4.69, 9.17) is 4.98 Å². The molecule has 2 amide bonds. The number of halogens is 1. The number of likely N-dealkylation sites (tertiary alicyclic amines) is 1. The summed E-state index contributed by atoms with van der Waals surface area (Å²) in [6.45, 7) is 8.46. The van der Waals surface area contributed by atoms with E-state index in [0.717, 1.165) is 23.0 Å². The van der Waals surface area contributed by atoms with Gasteiger partial charge >= 0.3 is 0 Å². The van der Waals surface area contributed by atoms with E-state index in [1.807, 2.05) is 44.2 Å². The van der Waals surface area contributed by atoms with Gasteiger partial charge in [0, 0.05) is 41.7 Å². The van der Waals surface area contributed by atoms with Crippen LogP contribution in [0.1, 0.15) is 61.6 Å². The van der Waals surface area contributed by atoms with Gasteiger partial charge in [-0.3, -0.25) is 14.6 Å². The number of nitrogens with one attached hydrogen (secondary N) is 1. The predicted octanol–water partition coefficient (Wildman–Crippen LogP) is 4.81. The number of amides is 2. The molecule has 1 saturated heterocycles. The Hall–Kier alpha value is -3.28. The minimum Gasteiger partial charge on any atom is -0.350 e. The average molecular weight is 448 g/mol. The van der Waals surface area contributed by atoms with E-state index in [1.165, 1.54) is 6.07 Å². The molecular weight excluding hydrogens is 417 g/mol. The number of benzene rings is 2. The maximum absolute atomic E-state index is 14.4. The van der Waals surface area contributed by atoms with Crippen molar-refractivity contribution in [2.24, 2.45) is 0 Å². The molecule has 1 aliphatic rings. The lowest BCUT2D eigenvalue weighted by Crippen LogP contribution is -2.42. The van der Waals surface area contributed by atoms with Crippen LogP contribution in [0, 0.1) is 5.82 Å². The lowest BCUT2D eigenvalue weighted by atomic mass is 9.83. The van der Waals surface area contributed by atoms with Crippen molar-refractivity contribution in [3.63, 3.8) is 0 Å². The highest BCUT2D eigenvalue weighted by molar-refractivity contribution is 6.06. The number of carbonyl (C=O) groups excluding carboxylic acids is 2. The topological polar surface area (TPSA) is 62.3 Å². The van der Waals surface area contributed by atoms with Crippen LogP contribution in [0.25, 0.3) is 10.9 Å². The molecule has 1 aliphatic heterocycles. The Morgan fingerprint density at radius 1 is 1.12 bits per heavy atom. The van der Waals surface area contributed by atoms with E-state index in [-0.39, 0.29) is 29.6 Å². The maximum atomic E-state index is 14.4. The minimum atomic E-state index is -0.973. The number of fused-ring (bicyclic) bond motifs is 1. The zero-order valence-electron chi connectivity index (χ0n) is 19.6. The van der Waals surface area contributed by atoms with Crippen molar-refractivity contribution in [1.82, 2.24) is 15.2 Å². The minimum absolute atomic E-state index is 0.0144. The molecule has 172 valence electrons. The van der Waals surface area contributed by atoms with Gasteiger partial charge in [0.25, 0.3) is 5.91 Å². The zero-order valence-corrected chi connectivity index (χ0v) is 19.6. The number of aromatic nitrogens is 1. The molecule has 0 spiro atoms. The Kier molecular flexibility index (Phi) is 6.19. The monoisotopic (exact) mass is 447 g/mol. The van der Waals surface area contributed by atoms with E-state index in [9.17, 15) is 14.0 Å². The first-order valence-electron chi connectivity index (χ1n) is 11.4. The molecule has 0 aliphatic carbocycles. The van der Waals surface area contributed by atoms with Crippen molar-refractivity contribution in [3.8, 4) is 0 Å². The van der Waals surface area contributed by atoms with Crippen molar-refractivity contribution in [1.29, 1.82) is 0 Å². The van der Waals surface area contributed by atoms with Gasteiger partial charge in [-0.05, 0) is 52.3 Å². The lowest BCUT2D eigenvalue weighted by Gasteiger charge is -2.30. The van der Waals surface area contributed by atoms with Crippen LogP contribution < -0.4 is 5.32 Å². The number of hydrogen-bond acceptors (Lipinski definition) is 3. The SMILES string of the molecule is CC(C)NC(=O)c1cc([C@@H]2CCN(C(=O)C(C)(C)c3ccccc3F)C2)nc2ccccc12. The van der Waals surface area contributed by atoms with Crippen LogP contribution in [0.4, 0.5) is 4.39 Å². The zero-order chi connectivity index (χ0) is 23.8. The molecule has 0 saturated carbocycles. The molecule has 1 atom stereocenters. The fraction of sp³-hybridized carbons (Fsp3) is 0.370. The first kappa shape index (κ1) is 22.9. The summed E-state index contributed by atoms with van der Waals surface area (Å²) in [6.07, 6.45) is 0.746. The molecule has 3 aromatic rings. The molecular formula is C27H30FN3O2. The molecule has 2 heterocycles. The van der Waals surface area contributed by atoms with E-state index in [0.29, 0.717) is 24.2 Å². The smallest absolute Gasteiger partial charge is 0.252 e. The van der Waals surface area contributed by atoms with Gasteiger partial charge in [0.15, 0.2) is 0 Å². The van der Waals surface area contributed by atoms with Gasteiger partial charge < -0.3 is 10.2 Å². The summed E-state index contributed by atoms with van der Waals surface area (Å²) in [5.74, 6) is -0.589. The van der Waals surface area contributed by atoms with Crippen LogP contribution >= 0.6 is 0 Å². The highest BCUT2D eigenvalue weighted by Gasteiger charge is 2.39. The second-order valence-corrected chi connectivity index (χ2v) is 9.58. The Bertz CT molecular complexity index is 1200. The maximum Gasteiger partial charge on any atom is 0.252 e. The second kappa shape index (κ2) is 8.93. The molecule has 2 aromatic carbocycles. The quantitative estimate of drug-likeness (QED) is 0.611. The number of nitrogens with zero attached hydrogens (tertiary/aromatic N) is 2. The molecule has 6 heteroatoms. The standard InChI is InChI=1S/C27H30FN3O2/c1-17(2)29-25(32)20-15-24(30-23-12-8-5-9-19(20)23)18-13-14-31(16-18)26(33)27(3,4)21-10-6-7-11-22(21)28/h5-12,15,17-18H,13-14,16H2,1-4H3,(H,29,32)/t18-/m1/s1. The fourth-order valence-corrected chi connectivity index (χ4v) is 4.60. The van der Waals surface area contributed by atoms with Crippen molar-refractivity contribution in [3.05, 3.63) is 77.2 Å². The molecule has 0 radical (unpaired) electrons. The van der Waals surface area contributed by atoms with Crippen LogP contribution in [0.5, 0.6) is 0 Å². The third-order valence-electron chi connectivity index (χ3n) is 6.38. The number of carbonyl (C=O) groups is 2. The van der Waals surface area contributed by atoms with Gasteiger partial charge in [-0.15, -0.1) is 0 Å². The van der Waals surface area contributed by atoms with Crippen LogP contribution in [0.3, 0.4) is 0 Å². The molecule has 1 N–H and O–H groups in total. The van der Waals surface area contributed by atoms with E-state index in [1.54, 1.807) is 36.9 Å². The third kappa shape index (κ3) is 4.47. The Morgan fingerprint density at radius 2 is 1.82 bits per heavy atom. The van der Waals surface area contributed by atoms with Gasteiger partial charge in [-0.25, -0.2) is 4.39 Å². The van der Waals surface area contributed by atoms with Crippen LogP contribution in [0.15, 0.2) is 54.6 Å². The summed E-state index contributed by atoms with van der Waals surface area (Å²) in [6, 6.07) is 15.9. The molecule has 0 bridgehead atoms. The van der Waals surface area contributed by atoms with E-state index < -0.39 is 5.41 Å². The Morgan fingerprint density at radius 3 is 2.55 bits per heavy atom.